The zero-order valence-corrected chi connectivity index (χ0v) is 9.28. The Hall–Kier alpha value is -0.540. The number of ether oxygens (including phenoxy) is 1. The summed E-state index contributed by atoms with van der Waals surface area (Å²) < 4.78 is 5.19. The van der Waals surface area contributed by atoms with Crippen LogP contribution in [0, 0.1) is 5.41 Å². The number of hydrogen-bond donors (Lipinski definition) is 1. The lowest BCUT2D eigenvalue weighted by atomic mass is 10.4. The van der Waals surface area contributed by atoms with E-state index in [1.54, 1.807) is 31.9 Å². The number of nitrogens with one attached hydrogen (secondary N) is 1. The molecule has 2 nitrogen and oxygen atoms in total. The molecule has 0 aromatic carbocycles. The maximum absolute atomic E-state index is 7.19. The predicted molar refractivity (Wildman–Crippen MR) is 60.4 cm³/mol. The molecule has 13 heavy (non-hydrogen) atoms. The van der Waals surface area contributed by atoms with E-state index >= 15 is 0 Å². The van der Waals surface area contributed by atoms with Gasteiger partial charge in [-0.25, -0.2) is 0 Å². The normalized spacial score (nSPS) is 13.2. The third-order valence-corrected chi connectivity index (χ3v) is 2.63. The van der Waals surface area contributed by atoms with Crippen molar-refractivity contribution in [2.45, 2.75) is 25.7 Å². The molecular formula is C10H17NOS. The second kappa shape index (κ2) is 6.92. The largest absolute Gasteiger partial charge is 0.370 e. The van der Waals surface area contributed by atoms with Gasteiger partial charge in [0.2, 0.25) is 0 Å². The molecule has 0 fully saturated rings. The molecule has 3 heteroatoms. The molecule has 0 spiro atoms. The second-order valence-electron chi connectivity index (χ2n) is 2.67. The molecule has 74 valence electrons. The zero-order valence-electron chi connectivity index (χ0n) is 8.46. The lowest BCUT2D eigenvalue weighted by Crippen LogP contribution is -2.02. The SMILES string of the molecule is C=C(/C=C\C(C)=N)SC(CC)OC. The van der Waals surface area contributed by atoms with E-state index in [2.05, 4.69) is 13.5 Å². The van der Waals surface area contributed by atoms with Crippen LogP contribution in [0.4, 0.5) is 0 Å². The molecule has 0 heterocycles. The van der Waals surface area contributed by atoms with Crippen molar-refractivity contribution in [3.05, 3.63) is 23.6 Å². The first-order chi connectivity index (χ1) is 6.10. The van der Waals surface area contributed by atoms with Crippen molar-refractivity contribution in [3.63, 3.8) is 0 Å². The summed E-state index contributed by atoms with van der Waals surface area (Å²) in [5, 5.41) is 7.19. The first-order valence-corrected chi connectivity index (χ1v) is 5.09. The van der Waals surface area contributed by atoms with Crippen molar-refractivity contribution in [2.75, 3.05) is 7.11 Å². The fourth-order valence-electron chi connectivity index (χ4n) is 0.724. The number of hydrogen-bond acceptors (Lipinski definition) is 3. The van der Waals surface area contributed by atoms with Crippen molar-refractivity contribution in [3.8, 4) is 0 Å². The van der Waals surface area contributed by atoms with E-state index in [9.17, 15) is 0 Å². The molecule has 0 aliphatic rings. The van der Waals surface area contributed by atoms with Crippen LogP contribution >= 0.6 is 11.8 Å². The molecule has 0 bridgehead atoms. The van der Waals surface area contributed by atoms with Crippen LogP contribution in [-0.2, 0) is 4.74 Å². The van der Waals surface area contributed by atoms with E-state index in [0.717, 1.165) is 11.3 Å². The summed E-state index contributed by atoms with van der Waals surface area (Å²) in [7, 11) is 1.69. The quantitative estimate of drug-likeness (QED) is 0.405. The molecule has 0 aliphatic heterocycles. The van der Waals surface area contributed by atoms with Crippen molar-refractivity contribution >= 4 is 17.5 Å². The highest BCUT2D eigenvalue weighted by atomic mass is 32.2. The molecule has 0 aromatic rings. The molecule has 0 aromatic heterocycles. The van der Waals surface area contributed by atoms with E-state index in [0.29, 0.717) is 5.71 Å². The molecule has 1 unspecified atom stereocenters. The van der Waals surface area contributed by atoms with Gasteiger partial charge in [0.05, 0.1) is 0 Å². The monoisotopic (exact) mass is 199 g/mol. The summed E-state index contributed by atoms with van der Waals surface area (Å²) in [4.78, 5) is 0.931. The summed E-state index contributed by atoms with van der Waals surface area (Å²) >= 11 is 1.59. The minimum Gasteiger partial charge on any atom is -0.370 e. The van der Waals surface area contributed by atoms with Gasteiger partial charge >= 0.3 is 0 Å². The molecule has 0 saturated carbocycles. The molecule has 1 atom stereocenters. The van der Waals surface area contributed by atoms with E-state index in [-0.39, 0.29) is 5.44 Å². The summed E-state index contributed by atoms with van der Waals surface area (Å²) in [5.41, 5.74) is 0.704. The minimum absolute atomic E-state index is 0.170. The molecule has 0 amide bonds. The Morgan fingerprint density at radius 1 is 1.62 bits per heavy atom. The first-order valence-electron chi connectivity index (χ1n) is 4.21. The lowest BCUT2D eigenvalue weighted by Gasteiger charge is -2.11. The van der Waals surface area contributed by atoms with Crippen LogP contribution in [0.15, 0.2) is 23.6 Å². The summed E-state index contributed by atoms with van der Waals surface area (Å²) in [6.45, 7) is 7.67. The van der Waals surface area contributed by atoms with Crippen LogP contribution in [0.3, 0.4) is 0 Å². The molecule has 0 rings (SSSR count). The average molecular weight is 199 g/mol. The average Bonchev–Trinajstić information content (AvgIpc) is 2.10. The van der Waals surface area contributed by atoms with Crippen molar-refractivity contribution in [1.82, 2.24) is 0 Å². The van der Waals surface area contributed by atoms with E-state index < -0.39 is 0 Å². The molecule has 0 saturated heterocycles. The smallest absolute Gasteiger partial charge is 0.107 e. The Morgan fingerprint density at radius 3 is 2.62 bits per heavy atom. The molecule has 1 N–H and O–H groups in total. The highest BCUT2D eigenvalue weighted by molar-refractivity contribution is 8.03. The Bertz CT molecular complexity index is 207. The fourth-order valence-corrected chi connectivity index (χ4v) is 1.47. The summed E-state index contributed by atoms with van der Waals surface area (Å²) in [6.07, 6.45) is 4.53. The van der Waals surface area contributed by atoms with Gasteiger partial charge in [-0.05, 0) is 25.5 Å². The highest BCUT2D eigenvalue weighted by Gasteiger charge is 2.04. The van der Waals surface area contributed by atoms with Crippen molar-refractivity contribution < 1.29 is 4.74 Å². The van der Waals surface area contributed by atoms with Gasteiger partial charge in [0.15, 0.2) is 0 Å². The van der Waals surface area contributed by atoms with Gasteiger partial charge in [0.25, 0.3) is 0 Å². The van der Waals surface area contributed by atoms with Gasteiger partial charge in [-0.15, -0.1) is 0 Å². The number of rotatable bonds is 6. The Labute approximate surface area is 84.6 Å². The Morgan fingerprint density at radius 2 is 2.23 bits per heavy atom. The highest BCUT2D eigenvalue weighted by Crippen LogP contribution is 2.23. The van der Waals surface area contributed by atoms with Crippen LogP contribution in [0.25, 0.3) is 0 Å². The van der Waals surface area contributed by atoms with Gasteiger partial charge in [0, 0.05) is 17.7 Å². The van der Waals surface area contributed by atoms with Gasteiger partial charge in [-0.2, -0.15) is 0 Å². The third kappa shape index (κ3) is 6.61. The maximum atomic E-state index is 7.19. The van der Waals surface area contributed by atoms with Gasteiger partial charge in [-0.3, -0.25) is 0 Å². The van der Waals surface area contributed by atoms with Crippen LogP contribution < -0.4 is 0 Å². The fraction of sp³-hybridized carbons (Fsp3) is 0.500. The topological polar surface area (TPSA) is 33.1 Å². The van der Waals surface area contributed by atoms with Gasteiger partial charge in [-0.1, -0.05) is 25.3 Å². The van der Waals surface area contributed by atoms with E-state index in [1.165, 1.54) is 0 Å². The van der Waals surface area contributed by atoms with Crippen LogP contribution in [0.5, 0.6) is 0 Å². The number of thioether (sulfide) groups is 1. The standard InChI is InChI=1S/C10H17NOS/c1-5-10(12-4)13-9(3)7-6-8(2)11/h6-7,10-11H,3,5H2,1-2,4H3/b7-6-,11-8?. The van der Waals surface area contributed by atoms with Gasteiger partial charge < -0.3 is 10.1 Å². The Kier molecular flexibility index (Phi) is 6.63. The Balaban J connectivity index is 3.92. The predicted octanol–water partition coefficient (Wildman–Crippen LogP) is 3.21. The second-order valence-corrected chi connectivity index (χ2v) is 3.96. The first kappa shape index (κ1) is 12.5. The van der Waals surface area contributed by atoms with Crippen LogP contribution in [-0.4, -0.2) is 18.3 Å². The molecule has 0 aliphatic carbocycles. The minimum atomic E-state index is 0.170. The van der Waals surface area contributed by atoms with Crippen molar-refractivity contribution in [2.24, 2.45) is 0 Å². The lowest BCUT2D eigenvalue weighted by molar-refractivity contribution is 0.171. The summed E-state index contributed by atoms with van der Waals surface area (Å²) in [6, 6.07) is 0. The molecular weight excluding hydrogens is 182 g/mol. The van der Waals surface area contributed by atoms with E-state index in [1.807, 2.05) is 6.08 Å². The van der Waals surface area contributed by atoms with Crippen LogP contribution in [0.1, 0.15) is 20.3 Å². The number of allylic oxidation sites excluding steroid dienone is 2. The molecule has 0 radical (unpaired) electrons. The van der Waals surface area contributed by atoms with E-state index in [4.69, 9.17) is 10.1 Å². The number of methoxy groups -OCH3 is 1. The zero-order chi connectivity index (χ0) is 10.3. The van der Waals surface area contributed by atoms with Crippen molar-refractivity contribution in [1.29, 1.82) is 5.41 Å². The van der Waals surface area contributed by atoms with Crippen LogP contribution in [0.2, 0.25) is 0 Å². The third-order valence-electron chi connectivity index (χ3n) is 1.40. The summed E-state index contributed by atoms with van der Waals surface area (Å²) in [5.74, 6) is 0. The van der Waals surface area contributed by atoms with Gasteiger partial charge in [0.1, 0.15) is 5.44 Å². The maximum Gasteiger partial charge on any atom is 0.107 e.